The zero-order valence-corrected chi connectivity index (χ0v) is 12.6. The molecule has 3 rings (SSSR count). The minimum atomic E-state index is -0.433. The van der Waals surface area contributed by atoms with Gasteiger partial charge in [0.15, 0.2) is 0 Å². The Bertz CT molecular complexity index is 705. The fourth-order valence-electron chi connectivity index (χ4n) is 2.20. The van der Waals surface area contributed by atoms with Gasteiger partial charge in [0.05, 0.1) is 9.89 Å². The maximum atomic E-state index is 10.2. The third kappa shape index (κ3) is 2.89. The molecule has 19 heavy (non-hydrogen) atoms. The van der Waals surface area contributed by atoms with Crippen LogP contribution in [0.3, 0.4) is 0 Å². The summed E-state index contributed by atoms with van der Waals surface area (Å²) in [6, 6.07) is 18.6. The van der Waals surface area contributed by atoms with Gasteiger partial charge in [-0.05, 0) is 44.4 Å². The van der Waals surface area contributed by atoms with E-state index in [2.05, 4.69) is 46.3 Å². The van der Waals surface area contributed by atoms with Gasteiger partial charge in [0.1, 0.15) is 0 Å². The summed E-state index contributed by atoms with van der Waals surface area (Å²) in [5.74, 6) is 0. The number of aliphatic hydroxyl groups is 1. The molecular formula is C16H13BrOS. The fourth-order valence-corrected chi connectivity index (χ4v) is 3.61. The molecular weight excluding hydrogens is 320 g/mol. The number of aliphatic hydroxyl groups excluding tert-OH is 1. The van der Waals surface area contributed by atoms with Gasteiger partial charge < -0.3 is 5.11 Å². The van der Waals surface area contributed by atoms with E-state index in [9.17, 15) is 5.11 Å². The van der Waals surface area contributed by atoms with E-state index in [1.807, 2.05) is 24.3 Å². The maximum Gasteiger partial charge on any atom is 0.0922 e. The molecule has 0 amide bonds. The molecule has 1 atom stereocenters. The van der Waals surface area contributed by atoms with Crippen molar-refractivity contribution in [1.29, 1.82) is 0 Å². The number of benzene rings is 2. The predicted molar refractivity (Wildman–Crippen MR) is 84.6 cm³/mol. The predicted octanol–water partition coefficient (Wildman–Crippen LogP) is 4.94. The van der Waals surface area contributed by atoms with Crippen molar-refractivity contribution >= 4 is 38.0 Å². The molecule has 2 aromatic carbocycles. The summed E-state index contributed by atoms with van der Waals surface area (Å²) in [4.78, 5) is 1.00. The van der Waals surface area contributed by atoms with Gasteiger partial charge in [0.2, 0.25) is 0 Å². The Morgan fingerprint density at radius 2 is 1.79 bits per heavy atom. The standard InChI is InChI=1S/C16H13BrOS/c17-16-8-7-15(19-16)14(18)10-11-5-6-12-3-1-2-4-13(12)9-11/h1-9,14,18H,10H2. The largest absolute Gasteiger partial charge is 0.387 e. The van der Waals surface area contributed by atoms with Crippen LogP contribution >= 0.6 is 27.3 Å². The molecule has 0 fully saturated rings. The lowest BCUT2D eigenvalue weighted by Gasteiger charge is -2.09. The molecule has 0 aliphatic heterocycles. The summed E-state index contributed by atoms with van der Waals surface area (Å²) in [7, 11) is 0. The topological polar surface area (TPSA) is 20.2 Å². The van der Waals surface area contributed by atoms with Crippen LogP contribution in [0.15, 0.2) is 58.4 Å². The maximum absolute atomic E-state index is 10.2. The van der Waals surface area contributed by atoms with Gasteiger partial charge >= 0.3 is 0 Å². The first-order valence-corrected chi connectivity index (χ1v) is 7.74. The molecule has 1 aromatic heterocycles. The van der Waals surface area contributed by atoms with Crippen molar-refractivity contribution in [2.24, 2.45) is 0 Å². The molecule has 1 unspecified atom stereocenters. The van der Waals surface area contributed by atoms with Crippen LogP contribution in [0.1, 0.15) is 16.5 Å². The van der Waals surface area contributed by atoms with Crippen LogP contribution in [0.2, 0.25) is 0 Å². The highest BCUT2D eigenvalue weighted by Gasteiger charge is 2.11. The van der Waals surface area contributed by atoms with Crippen molar-refractivity contribution in [2.75, 3.05) is 0 Å². The van der Waals surface area contributed by atoms with E-state index in [4.69, 9.17) is 0 Å². The average molecular weight is 333 g/mol. The number of thiophene rings is 1. The van der Waals surface area contributed by atoms with Crippen LogP contribution in [0.5, 0.6) is 0 Å². The molecule has 96 valence electrons. The Morgan fingerprint density at radius 3 is 2.53 bits per heavy atom. The summed E-state index contributed by atoms with van der Waals surface area (Å²) in [6.07, 6.45) is 0.218. The fraction of sp³-hybridized carbons (Fsp3) is 0.125. The lowest BCUT2D eigenvalue weighted by Crippen LogP contribution is -1.99. The van der Waals surface area contributed by atoms with Crippen molar-refractivity contribution in [3.8, 4) is 0 Å². The summed E-state index contributed by atoms with van der Waals surface area (Å²) >= 11 is 5.01. The molecule has 0 spiro atoms. The Hall–Kier alpha value is -1.16. The molecule has 0 aliphatic rings. The first kappa shape index (κ1) is 12.9. The highest BCUT2D eigenvalue weighted by molar-refractivity contribution is 9.11. The minimum absolute atomic E-state index is 0.433. The molecule has 3 heteroatoms. The van der Waals surface area contributed by atoms with Crippen molar-refractivity contribution in [2.45, 2.75) is 12.5 Å². The van der Waals surface area contributed by atoms with Gasteiger partial charge in [-0.1, -0.05) is 42.5 Å². The molecule has 0 saturated heterocycles. The molecule has 1 N–H and O–H groups in total. The normalized spacial score (nSPS) is 12.7. The number of rotatable bonds is 3. The van der Waals surface area contributed by atoms with E-state index in [-0.39, 0.29) is 0 Å². The summed E-state index contributed by atoms with van der Waals surface area (Å²) in [6.45, 7) is 0. The lowest BCUT2D eigenvalue weighted by molar-refractivity contribution is 0.182. The number of hydrogen-bond donors (Lipinski definition) is 1. The van der Waals surface area contributed by atoms with Crippen LogP contribution in [-0.4, -0.2) is 5.11 Å². The molecule has 0 radical (unpaired) electrons. The van der Waals surface area contributed by atoms with Gasteiger partial charge in [0.25, 0.3) is 0 Å². The first-order valence-electron chi connectivity index (χ1n) is 6.13. The third-order valence-electron chi connectivity index (χ3n) is 3.17. The molecule has 0 aliphatic carbocycles. The molecule has 3 aromatic rings. The van der Waals surface area contributed by atoms with Gasteiger partial charge in [-0.2, -0.15) is 0 Å². The summed E-state index contributed by atoms with van der Waals surface area (Å²) < 4.78 is 1.06. The van der Waals surface area contributed by atoms with Crippen LogP contribution in [0, 0.1) is 0 Å². The molecule has 1 nitrogen and oxygen atoms in total. The highest BCUT2D eigenvalue weighted by Crippen LogP contribution is 2.29. The highest BCUT2D eigenvalue weighted by atomic mass is 79.9. The van der Waals surface area contributed by atoms with Crippen molar-refractivity contribution in [3.05, 3.63) is 68.8 Å². The third-order valence-corrected chi connectivity index (χ3v) is 4.89. The second-order valence-corrected chi connectivity index (χ2v) is 7.04. The van der Waals surface area contributed by atoms with Crippen LogP contribution in [-0.2, 0) is 6.42 Å². The minimum Gasteiger partial charge on any atom is -0.387 e. The van der Waals surface area contributed by atoms with Crippen LogP contribution < -0.4 is 0 Å². The second kappa shape index (κ2) is 5.45. The SMILES string of the molecule is OC(Cc1ccc2ccccc2c1)c1ccc(Br)s1. The second-order valence-electron chi connectivity index (χ2n) is 4.54. The zero-order chi connectivity index (χ0) is 13.2. The Labute approximate surface area is 124 Å². The molecule has 1 heterocycles. The van der Waals surface area contributed by atoms with Gasteiger partial charge in [-0.25, -0.2) is 0 Å². The van der Waals surface area contributed by atoms with Gasteiger partial charge in [0, 0.05) is 11.3 Å². The van der Waals surface area contributed by atoms with E-state index < -0.39 is 6.10 Å². The van der Waals surface area contributed by atoms with Crippen LogP contribution in [0.4, 0.5) is 0 Å². The van der Waals surface area contributed by atoms with Crippen molar-refractivity contribution in [3.63, 3.8) is 0 Å². The number of halogens is 1. The quantitative estimate of drug-likeness (QED) is 0.720. The van der Waals surface area contributed by atoms with E-state index in [1.165, 1.54) is 10.8 Å². The summed E-state index contributed by atoms with van der Waals surface area (Å²) in [5, 5.41) is 12.7. The lowest BCUT2D eigenvalue weighted by atomic mass is 10.0. The van der Waals surface area contributed by atoms with E-state index >= 15 is 0 Å². The van der Waals surface area contributed by atoms with E-state index in [1.54, 1.807) is 11.3 Å². The average Bonchev–Trinajstić information content (AvgIpc) is 2.85. The smallest absolute Gasteiger partial charge is 0.0922 e. The summed E-state index contributed by atoms with van der Waals surface area (Å²) in [5.41, 5.74) is 1.16. The van der Waals surface area contributed by atoms with Crippen molar-refractivity contribution < 1.29 is 5.11 Å². The van der Waals surface area contributed by atoms with E-state index in [0.717, 1.165) is 14.2 Å². The monoisotopic (exact) mass is 332 g/mol. The Kier molecular flexibility index (Phi) is 3.69. The number of fused-ring (bicyclic) bond motifs is 1. The Balaban J connectivity index is 1.84. The van der Waals surface area contributed by atoms with Crippen molar-refractivity contribution in [1.82, 2.24) is 0 Å². The molecule has 0 saturated carbocycles. The van der Waals surface area contributed by atoms with Gasteiger partial charge in [-0.15, -0.1) is 11.3 Å². The zero-order valence-electron chi connectivity index (χ0n) is 10.2. The molecule has 0 bridgehead atoms. The van der Waals surface area contributed by atoms with E-state index in [0.29, 0.717) is 6.42 Å². The van der Waals surface area contributed by atoms with Gasteiger partial charge in [-0.3, -0.25) is 0 Å². The number of hydrogen-bond acceptors (Lipinski definition) is 2. The first-order chi connectivity index (χ1) is 9.22. The van der Waals surface area contributed by atoms with Crippen LogP contribution in [0.25, 0.3) is 10.8 Å². The Morgan fingerprint density at radius 1 is 1.00 bits per heavy atom.